The van der Waals surface area contributed by atoms with Gasteiger partial charge in [0.15, 0.2) is 0 Å². The molecule has 0 radical (unpaired) electrons. The monoisotopic (exact) mass is 313 g/mol. The van der Waals surface area contributed by atoms with Crippen LogP contribution in [0.2, 0.25) is 5.02 Å². The predicted molar refractivity (Wildman–Crippen MR) is 80.9 cm³/mol. The lowest BCUT2D eigenvalue weighted by atomic mass is 9.82. The first kappa shape index (κ1) is 16.2. The maximum Gasteiger partial charge on any atom is 0.306 e. The number of aliphatic carboxylic acids is 1. The minimum atomic E-state index is -0.671. The van der Waals surface area contributed by atoms with Crippen LogP contribution < -0.4 is 5.32 Å². The van der Waals surface area contributed by atoms with Gasteiger partial charge >= 0.3 is 5.97 Å². The number of carboxylic acids is 1. The van der Waals surface area contributed by atoms with Crippen molar-refractivity contribution in [1.29, 1.82) is 0 Å². The lowest BCUT2D eigenvalue weighted by molar-refractivity contribution is -0.143. The van der Waals surface area contributed by atoms with Crippen molar-refractivity contribution in [3.8, 4) is 0 Å². The molecule has 0 spiro atoms. The predicted octanol–water partition coefficient (Wildman–Crippen LogP) is 4.02. The first-order valence-corrected chi connectivity index (χ1v) is 7.76. The molecule has 0 bridgehead atoms. The van der Waals surface area contributed by atoms with E-state index in [1.54, 1.807) is 12.1 Å². The van der Waals surface area contributed by atoms with E-state index in [1.165, 1.54) is 6.07 Å². The summed E-state index contributed by atoms with van der Waals surface area (Å²) < 4.78 is 13.1. The van der Waals surface area contributed by atoms with E-state index < -0.39 is 11.8 Å². The van der Waals surface area contributed by atoms with E-state index in [9.17, 15) is 9.18 Å². The molecule has 0 heterocycles. The molecule has 0 aliphatic heterocycles. The topological polar surface area (TPSA) is 49.3 Å². The van der Waals surface area contributed by atoms with Crippen molar-refractivity contribution in [3.63, 3.8) is 0 Å². The number of carboxylic acid groups (broad SMARTS) is 1. The first-order chi connectivity index (χ1) is 9.97. The fraction of sp³-hybridized carbons (Fsp3) is 0.562. The maximum absolute atomic E-state index is 13.1. The van der Waals surface area contributed by atoms with Crippen molar-refractivity contribution in [3.05, 3.63) is 34.6 Å². The molecule has 0 amide bonds. The quantitative estimate of drug-likeness (QED) is 0.863. The van der Waals surface area contributed by atoms with Crippen molar-refractivity contribution in [2.75, 3.05) is 6.54 Å². The van der Waals surface area contributed by atoms with Crippen LogP contribution in [-0.4, -0.2) is 17.6 Å². The summed E-state index contributed by atoms with van der Waals surface area (Å²) >= 11 is 5.79. The van der Waals surface area contributed by atoms with Crippen LogP contribution in [-0.2, 0) is 4.79 Å². The van der Waals surface area contributed by atoms with E-state index in [0.29, 0.717) is 5.92 Å². The molecule has 1 atom stereocenters. The summed E-state index contributed by atoms with van der Waals surface area (Å²) in [6, 6.07) is 4.87. The number of benzene rings is 1. The van der Waals surface area contributed by atoms with Gasteiger partial charge in [-0.05, 0) is 62.8 Å². The Morgan fingerprint density at radius 1 is 1.43 bits per heavy atom. The van der Waals surface area contributed by atoms with Crippen LogP contribution in [0.25, 0.3) is 0 Å². The Bertz CT molecular complexity index is 501. The van der Waals surface area contributed by atoms with Crippen molar-refractivity contribution in [2.24, 2.45) is 11.8 Å². The van der Waals surface area contributed by atoms with E-state index in [0.717, 1.165) is 37.8 Å². The van der Waals surface area contributed by atoms with E-state index >= 15 is 0 Å². The summed E-state index contributed by atoms with van der Waals surface area (Å²) in [5, 5.41) is 12.6. The second-order valence-electron chi connectivity index (χ2n) is 5.86. The number of hydrogen-bond donors (Lipinski definition) is 2. The Morgan fingerprint density at radius 2 is 2.10 bits per heavy atom. The van der Waals surface area contributed by atoms with Crippen LogP contribution in [0.3, 0.4) is 0 Å². The molecule has 2 N–H and O–H groups in total. The van der Waals surface area contributed by atoms with Gasteiger partial charge in [-0.2, -0.15) is 0 Å². The third-order valence-corrected chi connectivity index (χ3v) is 4.64. The van der Waals surface area contributed by atoms with Gasteiger partial charge in [-0.25, -0.2) is 4.39 Å². The third kappa shape index (κ3) is 4.42. The molecule has 1 saturated carbocycles. The molecule has 1 fully saturated rings. The molecule has 1 aromatic rings. The molecule has 5 heteroatoms. The molecule has 116 valence electrons. The van der Waals surface area contributed by atoms with Gasteiger partial charge in [-0.15, -0.1) is 0 Å². The van der Waals surface area contributed by atoms with Gasteiger partial charge in [0.25, 0.3) is 0 Å². The smallest absolute Gasteiger partial charge is 0.306 e. The summed E-state index contributed by atoms with van der Waals surface area (Å²) in [5.41, 5.74) is 0.959. The number of carbonyl (C=O) groups is 1. The number of halogens is 2. The Balaban J connectivity index is 1.80. The highest BCUT2D eigenvalue weighted by atomic mass is 35.5. The van der Waals surface area contributed by atoms with E-state index in [4.69, 9.17) is 16.7 Å². The second-order valence-corrected chi connectivity index (χ2v) is 6.27. The molecule has 1 aromatic carbocycles. The lowest BCUT2D eigenvalue weighted by Gasteiger charge is -2.27. The van der Waals surface area contributed by atoms with Gasteiger partial charge in [-0.1, -0.05) is 17.7 Å². The average Bonchev–Trinajstić information content (AvgIpc) is 2.48. The molecule has 3 nitrogen and oxygen atoms in total. The molecule has 0 saturated heterocycles. The van der Waals surface area contributed by atoms with Crippen LogP contribution >= 0.6 is 11.6 Å². The highest BCUT2D eigenvalue weighted by Gasteiger charge is 2.25. The molecule has 1 aliphatic rings. The van der Waals surface area contributed by atoms with Crippen molar-refractivity contribution < 1.29 is 14.3 Å². The Morgan fingerprint density at radius 3 is 2.67 bits per heavy atom. The molecule has 0 aromatic heterocycles. The number of hydrogen-bond acceptors (Lipinski definition) is 2. The third-order valence-electron chi connectivity index (χ3n) is 4.35. The molecule has 1 aliphatic carbocycles. The van der Waals surface area contributed by atoms with Crippen LogP contribution in [0.5, 0.6) is 0 Å². The fourth-order valence-electron chi connectivity index (χ4n) is 2.86. The first-order valence-electron chi connectivity index (χ1n) is 7.38. The summed E-state index contributed by atoms with van der Waals surface area (Å²) in [7, 11) is 0. The van der Waals surface area contributed by atoms with Crippen LogP contribution in [0.1, 0.15) is 44.2 Å². The number of rotatable bonds is 5. The Hall–Kier alpha value is -1.13. The Labute approximate surface area is 129 Å². The van der Waals surface area contributed by atoms with E-state index in [1.807, 2.05) is 6.92 Å². The van der Waals surface area contributed by atoms with E-state index in [-0.39, 0.29) is 17.0 Å². The van der Waals surface area contributed by atoms with Gasteiger partial charge in [0.2, 0.25) is 0 Å². The van der Waals surface area contributed by atoms with E-state index in [2.05, 4.69) is 5.32 Å². The summed E-state index contributed by atoms with van der Waals surface area (Å²) in [6.45, 7) is 2.87. The highest BCUT2D eigenvalue weighted by Crippen LogP contribution is 2.29. The zero-order chi connectivity index (χ0) is 15.4. The van der Waals surface area contributed by atoms with Gasteiger partial charge in [-0.3, -0.25) is 4.79 Å². The van der Waals surface area contributed by atoms with Crippen LogP contribution in [0, 0.1) is 17.7 Å². The van der Waals surface area contributed by atoms with Crippen molar-refractivity contribution in [1.82, 2.24) is 5.32 Å². The van der Waals surface area contributed by atoms with Gasteiger partial charge in [0.1, 0.15) is 5.82 Å². The highest BCUT2D eigenvalue weighted by molar-refractivity contribution is 6.30. The lowest BCUT2D eigenvalue weighted by Crippen LogP contribution is -2.30. The van der Waals surface area contributed by atoms with Gasteiger partial charge in [0.05, 0.1) is 10.9 Å². The average molecular weight is 314 g/mol. The fourth-order valence-corrected chi connectivity index (χ4v) is 3.05. The summed E-state index contributed by atoms with van der Waals surface area (Å²) in [4.78, 5) is 10.9. The molecule has 1 unspecified atom stereocenters. The SMILES string of the molecule is CC(NCC1CCC(C(=O)O)CC1)c1ccc(F)c(Cl)c1. The largest absolute Gasteiger partial charge is 0.481 e. The summed E-state index contributed by atoms with van der Waals surface area (Å²) in [6.07, 6.45) is 3.42. The van der Waals surface area contributed by atoms with Crippen LogP contribution in [0.15, 0.2) is 18.2 Å². The molecule has 2 rings (SSSR count). The minimum Gasteiger partial charge on any atom is -0.481 e. The molecular weight excluding hydrogens is 293 g/mol. The van der Waals surface area contributed by atoms with Crippen molar-refractivity contribution in [2.45, 2.75) is 38.6 Å². The van der Waals surface area contributed by atoms with Gasteiger partial charge < -0.3 is 10.4 Å². The Kier molecular flexibility index (Phi) is 5.59. The summed E-state index contributed by atoms with van der Waals surface area (Å²) in [5.74, 6) is -0.733. The zero-order valence-corrected chi connectivity index (χ0v) is 12.9. The minimum absolute atomic E-state index is 0.0975. The number of nitrogens with one attached hydrogen (secondary N) is 1. The standard InChI is InChI=1S/C16H21ClFNO2/c1-10(13-6-7-15(18)14(17)8-13)19-9-11-2-4-12(5-3-11)16(20)21/h6-8,10-12,19H,2-5,9H2,1H3,(H,20,21). The maximum atomic E-state index is 13.1. The second kappa shape index (κ2) is 7.23. The van der Waals surface area contributed by atoms with Crippen LogP contribution in [0.4, 0.5) is 4.39 Å². The van der Waals surface area contributed by atoms with Gasteiger partial charge in [0, 0.05) is 6.04 Å². The van der Waals surface area contributed by atoms with Crippen molar-refractivity contribution >= 4 is 17.6 Å². The zero-order valence-electron chi connectivity index (χ0n) is 12.1. The molecular formula is C16H21ClFNO2. The molecule has 21 heavy (non-hydrogen) atoms. The normalized spacial score (nSPS) is 23.8.